The summed E-state index contributed by atoms with van der Waals surface area (Å²) >= 11 is 1.77. The van der Waals surface area contributed by atoms with Gasteiger partial charge in [-0.2, -0.15) is 0 Å². The van der Waals surface area contributed by atoms with Crippen LogP contribution in [0, 0.1) is 13.8 Å². The fourth-order valence-electron chi connectivity index (χ4n) is 3.84. The Bertz CT molecular complexity index is 1050. The molecule has 1 saturated carbocycles. The van der Waals surface area contributed by atoms with Gasteiger partial charge >= 0.3 is 6.03 Å². The summed E-state index contributed by atoms with van der Waals surface area (Å²) in [5, 5.41) is 4.18. The van der Waals surface area contributed by atoms with Crippen molar-refractivity contribution in [2.45, 2.75) is 32.6 Å². The van der Waals surface area contributed by atoms with E-state index in [2.05, 4.69) is 24.1 Å². The first-order valence-corrected chi connectivity index (χ1v) is 11.1. The molecule has 2 fully saturated rings. The van der Waals surface area contributed by atoms with Crippen LogP contribution >= 0.6 is 11.3 Å². The van der Waals surface area contributed by atoms with Gasteiger partial charge in [-0.1, -0.05) is 18.2 Å². The van der Waals surface area contributed by atoms with E-state index >= 15 is 0 Å². The van der Waals surface area contributed by atoms with Gasteiger partial charge in [-0.05, 0) is 44.4 Å². The number of anilines is 2. The predicted octanol–water partition coefficient (Wildman–Crippen LogP) is 4.54. The van der Waals surface area contributed by atoms with Crippen molar-refractivity contribution >= 4 is 39.1 Å². The van der Waals surface area contributed by atoms with E-state index in [1.54, 1.807) is 11.3 Å². The molecule has 2 aromatic heterocycles. The highest BCUT2D eigenvalue weighted by Gasteiger charge is 2.30. The molecule has 6 nitrogen and oxygen atoms in total. The fourth-order valence-corrected chi connectivity index (χ4v) is 4.87. The molecule has 29 heavy (non-hydrogen) atoms. The molecule has 1 aliphatic heterocycles. The summed E-state index contributed by atoms with van der Waals surface area (Å²) in [4.78, 5) is 29.1. The van der Waals surface area contributed by atoms with Crippen LogP contribution < -0.4 is 10.2 Å². The van der Waals surface area contributed by atoms with Crippen molar-refractivity contribution in [3.8, 4) is 0 Å². The maximum absolute atomic E-state index is 12.6. The summed E-state index contributed by atoms with van der Waals surface area (Å²) in [6.45, 7) is 7.27. The van der Waals surface area contributed by atoms with Crippen LogP contribution in [0.3, 0.4) is 0 Å². The molecule has 3 heterocycles. The summed E-state index contributed by atoms with van der Waals surface area (Å²) in [5.74, 6) is 2.58. The van der Waals surface area contributed by atoms with Gasteiger partial charge in [0.1, 0.15) is 16.5 Å². The van der Waals surface area contributed by atoms with Gasteiger partial charge in [0.15, 0.2) is 0 Å². The first-order valence-electron chi connectivity index (χ1n) is 10.2. The number of amides is 2. The van der Waals surface area contributed by atoms with Crippen molar-refractivity contribution in [2.24, 2.45) is 0 Å². The largest absolute Gasteiger partial charge is 0.352 e. The highest BCUT2D eigenvalue weighted by atomic mass is 32.1. The lowest BCUT2D eigenvalue weighted by atomic mass is 10.2. The number of thiophene rings is 1. The molecule has 1 aromatic carbocycles. The minimum absolute atomic E-state index is 0.0371. The number of carbonyl (C=O) groups excluding carboxylic acids is 1. The van der Waals surface area contributed by atoms with Crippen LogP contribution in [0.2, 0.25) is 0 Å². The Balaban J connectivity index is 1.35. The Kier molecular flexibility index (Phi) is 4.62. The Morgan fingerprint density at radius 2 is 1.79 bits per heavy atom. The smallest absolute Gasteiger partial charge is 0.321 e. The second-order valence-corrected chi connectivity index (χ2v) is 9.12. The first-order chi connectivity index (χ1) is 14.1. The second-order valence-electron chi connectivity index (χ2n) is 7.91. The van der Waals surface area contributed by atoms with Gasteiger partial charge in [0, 0.05) is 42.7 Å². The van der Waals surface area contributed by atoms with Gasteiger partial charge in [-0.3, -0.25) is 0 Å². The Hall–Kier alpha value is -2.67. The van der Waals surface area contributed by atoms with E-state index in [0.717, 1.165) is 35.2 Å². The number of nitrogens with one attached hydrogen (secondary N) is 1. The molecule has 0 radical (unpaired) electrons. The SMILES string of the molecule is Cc1sc2nc(C3CC3)nc(N3CCN(C(=O)Nc4ccccc4)CC3)c2c1C. The zero-order valence-electron chi connectivity index (χ0n) is 16.8. The predicted molar refractivity (Wildman–Crippen MR) is 118 cm³/mol. The maximum atomic E-state index is 12.6. The van der Waals surface area contributed by atoms with E-state index in [1.807, 2.05) is 35.2 Å². The van der Waals surface area contributed by atoms with Crippen molar-refractivity contribution in [1.29, 1.82) is 0 Å². The molecule has 2 aliphatic rings. The molecule has 7 heteroatoms. The third kappa shape index (κ3) is 3.55. The van der Waals surface area contributed by atoms with Crippen LogP contribution in [0.5, 0.6) is 0 Å². The monoisotopic (exact) mass is 407 g/mol. The fraction of sp³-hybridized carbons (Fsp3) is 0.409. The van der Waals surface area contributed by atoms with Crippen LogP contribution in [0.25, 0.3) is 10.2 Å². The molecule has 1 N–H and O–H groups in total. The van der Waals surface area contributed by atoms with Crippen LogP contribution in [0.15, 0.2) is 30.3 Å². The number of hydrogen-bond donors (Lipinski definition) is 1. The highest BCUT2D eigenvalue weighted by molar-refractivity contribution is 7.18. The normalized spacial score (nSPS) is 17.0. The standard InChI is InChI=1S/C22H25N5OS/c1-14-15(2)29-21-18(14)20(24-19(25-21)16-8-9-16)26-10-12-27(13-11-26)22(28)23-17-6-4-3-5-7-17/h3-7,16H,8-13H2,1-2H3,(H,23,28). The molecule has 0 bridgehead atoms. The van der Waals surface area contributed by atoms with Gasteiger partial charge in [-0.25, -0.2) is 14.8 Å². The van der Waals surface area contributed by atoms with Crippen LogP contribution in [-0.4, -0.2) is 47.1 Å². The number of benzene rings is 1. The Morgan fingerprint density at radius 1 is 1.07 bits per heavy atom. The van der Waals surface area contributed by atoms with Crippen molar-refractivity contribution in [2.75, 3.05) is 36.4 Å². The molecule has 5 rings (SSSR count). The lowest BCUT2D eigenvalue weighted by Crippen LogP contribution is -2.50. The lowest BCUT2D eigenvalue weighted by Gasteiger charge is -2.35. The topological polar surface area (TPSA) is 61.4 Å². The zero-order chi connectivity index (χ0) is 20.0. The number of aryl methyl sites for hydroxylation is 2. The molecule has 0 unspecified atom stereocenters. The quantitative estimate of drug-likeness (QED) is 0.692. The van der Waals surface area contributed by atoms with E-state index < -0.39 is 0 Å². The van der Waals surface area contributed by atoms with Gasteiger partial charge in [0.2, 0.25) is 0 Å². The molecule has 3 aromatic rings. The van der Waals surface area contributed by atoms with Gasteiger partial charge in [0.25, 0.3) is 0 Å². The average molecular weight is 408 g/mol. The van der Waals surface area contributed by atoms with E-state index in [1.165, 1.54) is 28.7 Å². The van der Waals surface area contributed by atoms with Crippen LogP contribution in [-0.2, 0) is 0 Å². The minimum Gasteiger partial charge on any atom is -0.352 e. The Morgan fingerprint density at radius 3 is 2.48 bits per heavy atom. The number of para-hydroxylation sites is 1. The second kappa shape index (κ2) is 7.30. The number of rotatable bonds is 3. The number of carbonyl (C=O) groups is 1. The molecule has 1 saturated heterocycles. The van der Waals surface area contributed by atoms with Crippen molar-refractivity contribution in [3.63, 3.8) is 0 Å². The summed E-state index contributed by atoms with van der Waals surface area (Å²) in [5.41, 5.74) is 2.11. The number of urea groups is 1. The third-order valence-electron chi connectivity index (χ3n) is 5.86. The van der Waals surface area contributed by atoms with Gasteiger partial charge in [-0.15, -0.1) is 11.3 Å². The van der Waals surface area contributed by atoms with Crippen LogP contribution in [0.1, 0.15) is 35.0 Å². The van der Waals surface area contributed by atoms with E-state index in [9.17, 15) is 4.79 Å². The summed E-state index contributed by atoms with van der Waals surface area (Å²) < 4.78 is 0. The maximum Gasteiger partial charge on any atom is 0.321 e. The van der Waals surface area contributed by atoms with Crippen LogP contribution in [0.4, 0.5) is 16.3 Å². The molecule has 1 aliphatic carbocycles. The number of aromatic nitrogens is 2. The number of hydrogen-bond acceptors (Lipinski definition) is 5. The van der Waals surface area contributed by atoms with E-state index in [0.29, 0.717) is 19.0 Å². The number of nitrogens with zero attached hydrogens (tertiary/aromatic N) is 4. The third-order valence-corrected chi connectivity index (χ3v) is 6.96. The molecule has 0 spiro atoms. The average Bonchev–Trinajstić information content (AvgIpc) is 3.55. The Labute approximate surface area is 174 Å². The zero-order valence-corrected chi connectivity index (χ0v) is 17.6. The van der Waals surface area contributed by atoms with Crippen molar-refractivity contribution in [1.82, 2.24) is 14.9 Å². The van der Waals surface area contributed by atoms with E-state index in [4.69, 9.17) is 9.97 Å². The number of fused-ring (bicyclic) bond motifs is 1. The molecule has 0 atom stereocenters. The van der Waals surface area contributed by atoms with E-state index in [-0.39, 0.29) is 6.03 Å². The summed E-state index contributed by atoms with van der Waals surface area (Å²) in [7, 11) is 0. The molecule has 2 amide bonds. The molecule has 150 valence electrons. The van der Waals surface area contributed by atoms with Crippen molar-refractivity contribution < 1.29 is 4.79 Å². The minimum atomic E-state index is -0.0371. The molecular weight excluding hydrogens is 382 g/mol. The van der Waals surface area contributed by atoms with Gasteiger partial charge in [0.05, 0.1) is 5.39 Å². The summed E-state index contributed by atoms with van der Waals surface area (Å²) in [6, 6.07) is 9.58. The lowest BCUT2D eigenvalue weighted by molar-refractivity contribution is 0.208. The van der Waals surface area contributed by atoms with Crippen molar-refractivity contribution in [3.05, 3.63) is 46.6 Å². The van der Waals surface area contributed by atoms with Gasteiger partial charge < -0.3 is 15.1 Å². The summed E-state index contributed by atoms with van der Waals surface area (Å²) in [6.07, 6.45) is 2.39. The first kappa shape index (κ1) is 18.4. The highest BCUT2D eigenvalue weighted by Crippen LogP contribution is 2.42. The molecular formula is C22H25N5OS. The number of piperazine rings is 1.